The van der Waals surface area contributed by atoms with Crippen molar-refractivity contribution in [3.05, 3.63) is 36.9 Å². The van der Waals surface area contributed by atoms with Crippen molar-refractivity contribution in [1.29, 1.82) is 0 Å². The first kappa shape index (κ1) is 16.8. The van der Waals surface area contributed by atoms with Gasteiger partial charge in [0.2, 0.25) is 11.8 Å². The summed E-state index contributed by atoms with van der Waals surface area (Å²) in [7, 11) is 1.76. The van der Waals surface area contributed by atoms with Crippen LogP contribution in [0.3, 0.4) is 0 Å². The number of carbonyl (C=O) groups is 2. The lowest BCUT2D eigenvalue weighted by Gasteiger charge is -2.31. The second kappa shape index (κ2) is 7.25. The molecular formula is C17H20N6O2. The Kier molecular flexibility index (Phi) is 4.87. The molecule has 0 saturated carbocycles. The van der Waals surface area contributed by atoms with Crippen molar-refractivity contribution in [1.82, 2.24) is 25.1 Å². The minimum Gasteiger partial charge on any atom is -0.338 e. The second-order valence-corrected chi connectivity index (χ2v) is 6.02. The minimum absolute atomic E-state index is 0.0881. The summed E-state index contributed by atoms with van der Waals surface area (Å²) >= 11 is 0. The van der Waals surface area contributed by atoms with E-state index in [0.717, 1.165) is 18.4 Å². The number of likely N-dealkylation sites (tertiary alicyclic amines) is 1. The van der Waals surface area contributed by atoms with Gasteiger partial charge in [-0.1, -0.05) is 18.7 Å². The second-order valence-electron chi connectivity index (χ2n) is 6.02. The standard InChI is InChI=1S/C17H20N6O2/c1-3-15(24)23-9-5-7-13(11-23)17(25)18-14-8-4-6-12(10-14)16-19-20-21-22(16)2/h3-4,6,8,10,13H,1,5,7,9,11H2,2H3,(H,18,25)/t13-/m1/s1. The number of tetrazole rings is 1. The molecule has 2 amide bonds. The van der Waals surface area contributed by atoms with Gasteiger partial charge in [0.15, 0.2) is 5.82 Å². The highest BCUT2D eigenvalue weighted by Crippen LogP contribution is 2.22. The van der Waals surface area contributed by atoms with Crippen LogP contribution in [0.15, 0.2) is 36.9 Å². The van der Waals surface area contributed by atoms with Crippen LogP contribution in [0.2, 0.25) is 0 Å². The summed E-state index contributed by atoms with van der Waals surface area (Å²) in [6, 6.07) is 7.38. The van der Waals surface area contributed by atoms with Gasteiger partial charge in [0.05, 0.1) is 5.92 Å². The van der Waals surface area contributed by atoms with Crippen LogP contribution < -0.4 is 5.32 Å². The normalized spacial score (nSPS) is 17.2. The monoisotopic (exact) mass is 340 g/mol. The zero-order chi connectivity index (χ0) is 17.8. The van der Waals surface area contributed by atoms with Crippen molar-refractivity contribution in [2.24, 2.45) is 13.0 Å². The van der Waals surface area contributed by atoms with E-state index in [0.29, 0.717) is 24.6 Å². The number of hydrogen-bond acceptors (Lipinski definition) is 5. The molecule has 1 aromatic carbocycles. The number of nitrogens with one attached hydrogen (secondary N) is 1. The molecular weight excluding hydrogens is 320 g/mol. The highest BCUT2D eigenvalue weighted by molar-refractivity contribution is 5.94. The number of benzene rings is 1. The lowest BCUT2D eigenvalue weighted by atomic mass is 9.97. The van der Waals surface area contributed by atoms with Crippen LogP contribution in [0, 0.1) is 5.92 Å². The summed E-state index contributed by atoms with van der Waals surface area (Å²) in [5.41, 5.74) is 1.50. The van der Waals surface area contributed by atoms with Gasteiger partial charge >= 0.3 is 0 Å². The smallest absolute Gasteiger partial charge is 0.245 e. The molecule has 2 aromatic rings. The zero-order valence-corrected chi connectivity index (χ0v) is 14.1. The number of carbonyl (C=O) groups excluding carboxylic acids is 2. The van der Waals surface area contributed by atoms with Gasteiger partial charge in [0.25, 0.3) is 0 Å². The van der Waals surface area contributed by atoms with Crippen molar-refractivity contribution in [3.8, 4) is 11.4 Å². The maximum atomic E-state index is 12.6. The molecule has 0 spiro atoms. The number of rotatable bonds is 4. The van der Waals surface area contributed by atoms with Gasteiger partial charge in [-0.15, -0.1) is 5.10 Å². The summed E-state index contributed by atoms with van der Waals surface area (Å²) < 4.78 is 1.57. The summed E-state index contributed by atoms with van der Waals surface area (Å²) in [6.45, 7) is 4.59. The number of amides is 2. The van der Waals surface area contributed by atoms with Crippen LogP contribution in [-0.2, 0) is 16.6 Å². The number of nitrogens with zero attached hydrogens (tertiary/aromatic N) is 5. The molecule has 8 heteroatoms. The van der Waals surface area contributed by atoms with E-state index in [1.54, 1.807) is 16.6 Å². The number of aromatic nitrogens is 4. The molecule has 1 aliphatic heterocycles. The van der Waals surface area contributed by atoms with Gasteiger partial charge in [-0.25, -0.2) is 4.68 Å². The summed E-state index contributed by atoms with van der Waals surface area (Å²) in [5, 5.41) is 14.3. The number of anilines is 1. The Morgan fingerprint density at radius 3 is 2.96 bits per heavy atom. The van der Waals surface area contributed by atoms with Gasteiger partial charge in [0, 0.05) is 31.4 Å². The first-order chi connectivity index (χ1) is 12.1. The average molecular weight is 340 g/mol. The van der Waals surface area contributed by atoms with Crippen LogP contribution in [-0.4, -0.2) is 50.0 Å². The highest BCUT2D eigenvalue weighted by atomic mass is 16.2. The third kappa shape index (κ3) is 3.73. The molecule has 0 unspecified atom stereocenters. The molecule has 2 heterocycles. The van der Waals surface area contributed by atoms with Crippen LogP contribution in [0.1, 0.15) is 12.8 Å². The lowest BCUT2D eigenvalue weighted by Crippen LogP contribution is -2.43. The molecule has 1 aliphatic rings. The van der Waals surface area contributed by atoms with E-state index in [-0.39, 0.29) is 17.7 Å². The molecule has 0 aliphatic carbocycles. The summed E-state index contributed by atoms with van der Waals surface area (Å²) in [6.07, 6.45) is 2.86. The van der Waals surface area contributed by atoms with E-state index in [4.69, 9.17) is 0 Å². The molecule has 1 aromatic heterocycles. The zero-order valence-electron chi connectivity index (χ0n) is 14.1. The maximum Gasteiger partial charge on any atom is 0.245 e. The van der Waals surface area contributed by atoms with Crippen molar-refractivity contribution >= 4 is 17.5 Å². The van der Waals surface area contributed by atoms with E-state index in [2.05, 4.69) is 27.4 Å². The van der Waals surface area contributed by atoms with E-state index < -0.39 is 0 Å². The molecule has 1 atom stereocenters. The van der Waals surface area contributed by atoms with Gasteiger partial charge in [-0.3, -0.25) is 9.59 Å². The Hall–Kier alpha value is -3.03. The highest BCUT2D eigenvalue weighted by Gasteiger charge is 2.27. The molecule has 130 valence electrons. The predicted molar refractivity (Wildman–Crippen MR) is 92.4 cm³/mol. The number of piperidine rings is 1. The largest absolute Gasteiger partial charge is 0.338 e. The van der Waals surface area contributed by atoms with E-state index in [1.165, 1.54) is 6.08 Å². The molecule has 1 N–H and O–H groups in total. The molecule has 1 fully saturated rings. The van der Waals surface area contributed by atoms with Gasteiger partial charge in [-0.05, 0) is 41.5 Å². The molecule has 25 heavy (non-hydrogen) atoms. The van der Waals surface area contributed by atoms with Crippen LogP contribution in [0.5, 0.6) is 0 Å². The lowest BCUT2D eigenvalue weighted by molar-refractivity contribution is -0.130. The van der Waals surface area contributed by atoms with Gasteiger partial charge in [0.1, 0.15) is 0 Å². The van der Waals surface area contributed by atoms with Crippen LogP contribution >= 0.6 is 0 Å². The Labute approximate surface area is 145 Å². The van der Waals surface area contributed by atoms with E-state index >= 15 is 0 Å². The number of aryl methyl sites for hydroxylation is 1. The quantitative estimate of drug-likeness (QED) is 0.845. The summed E-state index contributed by atoms with van der Waals surface area (Å²) in [4.78, 5) is 26.0. The first-order valence-electron chi connectivity index (χ1n) is 8.13. The Morgan fingerprint density at radius 2 is 2.24 bits per heavy atom. The molecule has 1 saturated heterocycles. The van der Waals surface area contributed by atoms with Crippen LogP contribution in [0.4, 0.5) is 5.69 Å². The fraction of sp³-hybridized carbons (Fsp3) is 0.353. The predicted octanol–water partition coefficient (Wildman–Crippen LogP) is 1.24. The van der Waals surface area contributed by atoms with Crippen molar-refractivity contribution in [2.45, 2.75) is 12.8 Å². The third-order valence-corrected chi connectivity index (χ3v) is 4.29. The van der Waals surface area contributed by atoms with E-state index in [9.17, 15) is 9.59 Å². The average Bonchev–Trinajstić information content (AvgIpc) is 3.07. The Bertz CT molecular complexity index is 800. The van der Waals surface area contributed by atoms with E-state index in [1.807, 2.05) is 24.3 Å². The Balaban J connectivity index is 1.70. The molecule has 3 rings (SSSR count). The fourth-order valence-electron chi connectivity index (χ4n) is 2.97. The fourth-order valence-corrected chi connectivity index (χ4v) is 2.97. The maximum absolute atomic E-state index is 12.6. The number of hydrogen-bond donors (Lipinski definition) is 1. The van der Waals surface area contributed by atoms with Crippen molar-refractivity contribution in [2.75, 3.05) is 18.4 Å². The third-order valence-electron chi connectivity index (χ3n) is 4.29. The SMILES string of the molecule is C=CC(=O)N1CCC[C@@H](C(=O)Nc2cccc(-c3nnnn3C)c2)C1. The van der Waals surface area contributed by atoms with Gasteiger partial charge in [-0.2, -0.15) is 0 Å². The molecule has 8 nitrogen and oxygen atoms in total. The van der Waals surface area contributed by atoms with Crippen LogP contribution in [0.25, 0.3) is 11.4 Å². The molecule has 0 radical (unpaired) electrons. The van der Waals surface area contributed by atoms with Crippen molar-refractivity contribution < 1.29 is 9.59 Å². The van der Waals surface area contributed by atoms with Gasteiger partial charge < -0.3 is 10.2 Å². The summed E-state index contributed by atoms with van der Waals surface area (Å²) in [5.74, 6) is 0.179. The first-order valence-corrected chi connectivity index (χ1v) is 8.13. The molecule has 0 bridgehead atoms. The Morgan fingerprint density at radius 1 is 1.40 bits per heavy atom. The minimum atomic E-state index is -0.224. The topological polar surface area (TPSA) is 93.0 Å². The van der Waals surface area contributed by atoms with Crippen molar-refractivity contribution in [3.63, 3.8) is 0 Å².